The fraction of sp³-hybridized carbons (Fsp3) is 0.286. The van der Waals surface area contributed by atoms with Crippen molar-refractivity contribution in [3.05, 3.63) is 46.2 Å². The van der Waals surface area contributed by atoms with E-state index in [2.05, 4.69) is 4.74 Å². The molecule has 0 N–H and O–H groups in total. The third-order valence-corrected chi connectivity index (χ3v) is 2.97. The van der Waals surface area contributed by atoms with Crippen LogP contribution in [0.5, 0.6) is 0 Å². The molecule has 2 rings (SSSR count). The fourth-order valence-corrected chi connectivity index (χ4v) is 2.00. The number of aromatic nitrogens is 1. The van der Waals surface area contributed by atoms with E-state index in [0.29, 0.717) is 5.52 Å². The van der Waals surface area contributed by atoms with Gasteiger partial charge in [0, 0.05) is 18.6 Å². The second kappa shape index (κ2) is 5.03. The number of pyridine rings is 1. The number of carbonyl (C=O) groups is 1. The number of nitrogens with zero attached hydrogens (tertiary/aromatic N) is 1. The van der Waals surface area contributed by atoms with Crippen molar-refractivity contribution in [3.8, 4) is 0 Å². The normalized spacial score (nSPS) is 11.6. The quantitative estimate of drug-likeness (QED) is 0.810. The number of alkyl halides is 2. The molecule has 1 aromatic carbocycles. The van der Waals surface area contributed by atoms with Crippen molar-refractivity contribution in [3.63, 3.8) is 0 Å². The van der Waals surface area contributed by atoms with Gasteiger partial charge in [0.05, 0.1) is 17.7 Å². The van der Waals surface area contributed by atoms with E-state index in [0.717, 1.165) is 6.20 Å². The molecule has 4 nitrogen and oxygen atoms in total. The van der Waals surface area contributed by atoms with Crippen LogP contribution in [0.15, 0.2) is 35.3 Å². The maximum atomic E-state index is 14.0. The molecule has 20 heavy (non-hydrogen) atoms. The van der Waals surface area contributed by atoms with Crippen molar-refractivity contribution in [2.75, 3.05) is 6.61 Å². The predicted molar refractivity (Wildman–Crippen MR) is 69.7 cm³/mol. The molecule has 1 heterocycles. The number of rotatable bonds is 3. The van der Waals surface area contributed by atoms with Crippen molar-refractivity contribution >= 4 is 16.9 Å². The zero-order valence-electron chi connectivity index (χ0n) is 11.0. The minimum Gasteiger partial charge on any atom is -0.461 e. The largest absolute Gasteiger partial charge is 0.461 e. The number of esters is 1. The Morgan fingerprint density at radius 3 is 2.65 bits per heavy atom. The van der Waals surface area contributed by atoms with Gasteiger partial charge in [0.1, 0.15) is 0 Å². The summed E-state index contributed by atoms with van der Waals surface area (Å²) in [6.45, 7) is 1.24. The lowest BCUT2D eigenvalue weighted by molar-refractivity contribution is -0.173. The van der Waals surface area contributed by atoms with Gasteiger partial charge in [0.2, 0.25) is 0 Å². The van der Waals surface area contributed by atoms with E-state index in [4.69, 9.17) is 0 Å². The van der Waals surface area contributed by atoms with Crippen LogP contribution in [-0.2, 0) is 22.5 Å². The average Bonchev–Trinajstić information content (AvgIpc) is 2.43. The number of para-hydroxylation sites is 1. The first-order valence-electron chi connectivity index (χ1n) is 6.03. The maximum absolute atomic E-state index is 14.0. The van der Waals surface area contributed by atoms with Crippen LogP contribution in [0.25, 0.3) is 10.9 Å². The minimum atomic E-state index is -3.96. The molecule has 0 unspecified atom stereocenters. The summed E-state index contributed by atoms with van der Waals surface area (Å²) >= 11 is 0. The zero-order chi connectivity index (χ0) is 14.9. The molecule has 106 valence electrons. The summed E-state index contributed by atoms with van der Waals surface area (Å²) in [5, 5.41) is 0.136. The van der Waals surface area contributed by atoms with Crippen LogP contribution in [0.1, 0.15) is 12.5 Å². The summed E-state index contributed by atoms with van der Waals surface area (Å²) in [4.78, 5) is 23.5. The van der Waals surface area contributed by atoms with Crippen molar-refractivity contribution in [2.24, 2.45) is 7.05 Å². The summed E-state index contributed by atoms with van der Waals surface area (Å²) in [6, 6.07) is 6.37. The molecule has 0 atom stereocenters. The third kappa shape index (κ3) is 2.17. The van der Waals surface area contributed by atoms with E-state index >= 15 is 0 Å². The van der Waals surface area contributed by atoms with Crippen LogP contribution in [0.4, 0.5) is 8.78 Å². The van der Waals surface area contributed by atoms with Gasteiger partial charge in [-0.15, -0.1) is 0 Å². The van der Waals surface area contributed by atoms with Gasteiger partial charge in [-0.25, -0.2) is 4.79 Å². The molecule has 0 aliphatic heterocycles. The van der Waals surface area contributed by atoms with Gasteiger partial charge in [0.15, 0.2) is 5.43 Å². The highest BCUT2D eigenvalue weighted by atomic mass is 19.3. The number of carbonyl (C=O) groups excluding carboxylic acids is 1. The number of fused-ring (bicyclic) bond motifs is 1. The molecule has 2 aromatic rings. The second-order valence-corrected chi connectivity index (χ2v) is 4.29. The first kappa shape index (κ1) is 14.2. The number of hydrogen-bond acceptors (Lipinski definition) is 3. The molecular weight excluding hydrogens is 268 g/mol. The van der Waals surface area contributed by atoms with Crippen molar-refractivity contribution < 1.29 is 18.3 Å². The molecule has 0 spiro atoms. The topological polar surface area (TPSA) is 48.3 Å². The van der Waals surface area contributed by atoms with Gasteiger partial charge < -0.3 is 9.30 Å². The highest BCUT2D eigenvalue weighted by Gasteiger charge is 2.45. The molecule has 1 aromatic heterocycles. The van der Waals surface area contributed by atoms with Gasteiger partial charge in [0.25, 0.3) is 0 Å². The van der Waals surface area contributed by atoms with Crippen LogP contribution < -0.4 is 5.43 Å². The van der Waals surface area contributed by atoms with Crippen LogP contribution in [0, 0.1) is 0 Å². The van der Waals surface area contributed by atoms with Crippen molar-refractivity contribution in [1.29, 1.82) is 0 Å². The molecule has 0 radical (unpaired) electrons. The second-order valence-electron chi connectivity index (χ2n) is 4.29. The van der Waals surface area contributed by atoms with Gasteiger partial charge in [-0.2, -0.15) is 8.78 Å². The third-order valence-electron chi connectivity index (χ3n) is 2.97. The number of aryl methyl sites for hydroxylation is 1. The Kier molecular flexibility index (Phi) is 3.57. The summed E-state index contributed by atoms with van der Waals surface area (Å²) in [5.74, 6) is -5.68. The van der Waals surface area contributed by atoms with E-state index in [1.807, 2.05) is 0 Å². The smallest absolute Gasteiger partial charge is 0.382 e. The molecule has 0 fully saturated rings. The minimum absolute atomic E-state index is 0.136. The molecule has 0 aliphatic rings. The van der Waals surface area contributed by atoms with Gasteiger partial charge in [-0.3, -0.25) is 4.79 Å². The molecule has 6 heteroatoms. The first-order chi connectivity index (χ1) is 9.39. The standard InChI is InChI=1S/C14H13F2NO3/c1-3-20-13(19)14(15,16)10-8-17(2)11-7-5-4-6-9(11)12(10)18/h4-8H,3H2,1-2H3. The fourth-order valence-electron chi connectivity index (χ4n) is 2.00. The van der Waals surface area contributed by atoms with E-state index in [1.165, 1.54) is 24.6 Å². The van der Waals surface area contributed by atoms with E-state index in [9.17, 15) is 18.4 Å². The van der Waals surface area contributed by atoms with E-state index in [-0.39, 0.29) is 12.0 Å². The number of ether oxygens (including phenoxy) is 1. The first-order valence-corrected chi connectivity index (χ1v) is 6.03. The number of halogens is 2. The lowest BCUT2D eigenvalue weighted by atomic mass is 10.1. The van der Waals surface area contributed by atoms with Crippen molar-refractivity contribution in [2.45, 2.75) is 12.8 Å². The SMILES string of the molecule is CCOC(=O)C(F)(F)c1cn(C)c2ccccc2c1=O. The van der Waals surface area contributed by atoms with Crippen LogP contribution in [-0.4, -0.2) is 17.1 Å². The summed E-state index contributed by atoms with van der Waals surface area (Å²) in [7, 11) is 1.53. The maximum Gasteiger partial charge on any atom is 0.382 e. The van der Waals surface area contributed by atoms with Crippen LogP contribution in [0.3, 0.4) is 0 Å². The Hall–Kier alpha value is -2.24. The van der Waals surface area contributed by atoms with Crippen molar-refractivity contribution in [1.82, 2.24) is 4.57 Å². The highest BCUT2D eigenvalue weighted by Crippen LogP contribution is 2.28. The molecule has 0 aliphatic carbocycles. The number of hydrogen-bond donors (Lipinski definition) is 0. The Balaban J connectivity index is 2.70. The molecular formula is C14H13F2NO3. The zero-order valence-corrected chi connectivity index (χ0v) is 11.0. The molecule has 0 bridgehead atoms. The van der Waals surface area contributed by atoms with Gasteiger partial charge in [-0.1, -0.05) is 12.1 Å². The molecule has 0 saturated carbocycles. The molecule has 0 saturated heterocycles. The predicted octanol–water partition coefficient (Wildman–Crippen LogP) is 2.19. The van der Waals surface area contributed by atoms with E-state index < -0.39 is 22.9 Å². The average molecular weight is 281 g/mol. The van der Waals surface area contributed by atoms with Gasteiger partial charge >= 0.3 is 11.9 Å². The Morgan fingerprint density at radius 2 is 2.00 bits per heavy atom. The summed E-state index contributed by atoms with van der Waals surface area (Å²) < 4.78 is 33.8. The summed E-state index contributed by atoms with van der Waals surface area (Å²) in [6.07, 6.45) is 0.974. The van der Waals surface area contributed by atoms with Crippen LogP contribution in [0.2, 0.25) is 0 Å². The highest BCUT2D eigenvalue weighted by molar-refractivity contribution is 5.84. The molecule has 0 amide bonds. The summed E-state index contributed by atoms with van der Waals surface area (Å²) in [5.41, 5.74) is -1.23. The Labute approximate surface area is 113 Å². The Bertz CT molecular complexity index is 722. The lowest BCUT2D eigenvalue weighted by Gasteiger charge is -2.16. The van der Waals surface area contributed by atoms with Gasteiger partial charge in [-0.05, 0) is 19.1 Å². The van der Waals surface area contributed by atoms with Crippen LogP contribution >= 0.6 is 0 Å². The Morgan fingerprint density at radius 1 is 1.35 bits per heavy atom. The number of benzene rings is 1. The lowest BCUT2D eigenvalue weighted by Crippen LogP contribution is -2.34. The monoisotopic (exact) mass is 281 g/mol. The van der Waals surface area contributed by atoms with E-state index in [1.54, 1.807) is 18.2 Å².